The first-order valence-corrected chi connectivity index (χ1v) is 10.7. The van der Waals surface area contributed by atoms with E-state index in [1.807, 2.05) is 0 Å². The number of thiophene rings is 2. The largest absolute Gasteiger partial charge is 0.195 e. The highest BCUT2D eigenvalue weighted by Gasteiger charge is 2.23. The smallest absolute Gasteiger partial charge is 0.177 e. The summed E-state index contributed by atoms with van der Waals surface area (Å²) in [7, 11) is 0. The first-order chi connectivity index (χ1) is 13.7. The summed E-state index contributed by atoms with van der Waals surface area (Å²) in [5.74, 6) is 0. The van der Waals surface area contributed by atoms with E-state index >= 15 is 0 Å². The molecule has 0 bridgehead atoms. The van der Waals surface area contributed by atoms with Crippen LogP contribution >= 0.6 is 22.7 Å². The maximum Gasteiger partial charge on any atom is 0.177 e. The highest BCUT2D eigenvalue weighted by molar-refractivity contribution is 7.19. The van der Waals surface area contributed by atoms with Crippen molar-refractivity contribution in [3.8, 4) is 0 Å². The molecule has 130 valence electrons. The number of fused-ring (bicyclic) bond motifs is 6. The predicted molar refractivity (Wildman–Crippen MR) is 118 cm³/mol. The zero-order valence-corrected chi connectivity index (χ0v) is 15.8. The van der Waals surface area contributed by atoms with E-state index in [4.69, 9.17) is 0 Å². The Morgan fingerprint density at radius 3 is 1.39 bits per heavy atom. The Balaban J connectivity index is 1.79. The second-order valence-corrected chi connectivity index (χ2v) is 9.61. The molecule has 0 aliphatic heterocycles. The van der Waals surface area contributed by atoms with E-state index < -0.39 is 0 Å². The van der Waals surface area contributed by atoms with Crippen molar-refractivity contribution in [2.75, 3.05) is 0 Å². The minimum atomic E-state index is -0.136. The average Bonchev–Trinajstić information content (AvgIpc) is 3.39. The highest BCUT2D eigenvalue weighted by Crippen LogP contribution is 2.51. The molecule has 8 aromatic rings. The van der Waals surface area contributed by atoms with Gasteiger partial charge in [0.1, 0.15) is 0 Å². The second kappa shape index (κ2) is 4.27. The van der Waals surface area contributed by atoms with E-state index in [2.05, 4.69) is 36.4 Å². The van der Waals surface area contributed by atoms with Crippen LogP contribution in [0.4, 0.5) is 8.78 Å². The Morgan fingerprint density at radius 1 is 0.464 bits per heavy atom. The fourth-order valence-corrected chi connectivity index (χ4v) is 7.22. The molecule has 0 aliphatic rings. The molecule has 0 aliphatic carbocycles. The summed E-state index contributed by atoms with van der Waals surface area (Å²) in [6, 6.07) is 16.3. The fourth-order valence-electron chi connectivity index (χ4n) is 5.36. The SMILES string of the molecule is Fc1cc2c3cc4ccc5c6sc(F)cc6c6cc7ccc(c2s1)c3c7c4c65. The van der Waals surface area contributed by atoms with E-state index in [0.717, 1.165) is 41.7 Å². The lowest BCUT2D eigenvalue weighted by Crippen LogP contribution is -1.84. The van der Waals surface area contributed by atoms with E-state index in [1.165, 1.54) is 55.0 Å². The van der Waals surface area contributed by atoms with Gasteiger partial charge in [-0.3, -0.25) is 0 Å². The molecule has 8 rings (SSSR count). The van der Waals surface area contributed by atoms with Gasteiger partial charge in [0.15, 0.2) is 10.3 Å². The average molecular weight is 398 g/mol. The molecule has 2 aromatic heterocycles. The van der Waals surface area contributed by atoms with Crippen molar-refractivity contribution >= 4 is 96.7 Å². The predicted octanol–water partition coefficient (Wildman–Crippen LogP) is 8.47. The van der Waals surface area contributed by atoms with Crippen LogP contribution in [0.2, 0.25) is 0 Å². The zero-order valence-electron chi connectivity index (χ0n) is 14.2. The number of rotatable bonds is 0. The van der Waals surface area contributed by atoms with Gasteiger partial charge in [0.25, 0.3) is 0 Å². The van der Waals surface area contributed by atoms with Crippen LogP contribution in [0.3, 0.4) is 0 Å². The third-order valence-corrected chi connectivity index (χ3v) is 8.25. The molecule has 0 radical (unpaired) electrons. The van der Waals surface area contributed by atoms with Gasteiger partial charge >= 0.3 is 0 Å². The Bertz CT molecular complexity index is 1750. The molecule has 0 saturated heterocycles. The van der Waals surface area contributed by atoms with E-state index in [0.29, 0.717) is 0 Å². The monoisotopic (exact) mass is 398 g/mol. The van der Waals surface area contributed by atoms with Gasteiger partial charge in [-0.2, -0.15) is 8.78 Å². The summed E-state index contributed by atoms with van der Waals surface area (Å²) in [5.41, 5.74) is 0. The first-order valence-electron chi connectivity index (χ1n) is 9.08. The van der Waals surface area contributed by atoms with Gasteiger partial charge in [0, 0.05) is 30.9 Å². The van der Waals surface area contributed by atoms with E-state index in [-0.39, 0.29) is 10.3 Å². The Morgan fingerprint density at radius 2 is 0.929 bits per heavy atom. The summed E-state index contributed by atoms with van der Waals surface area (Å²) in [6.07, 6.45) is 0. The van der Waals surface area contributed by atoms with Gasteiger partial charge < -0.3 is 0 Å². The van der Waals surface area contributed by atoms with Crippen LogP contribution in [0.5, 0.6) is 0 Å². The quantitative estimate of drug-likeness (QED) is 0.225. The normalized spacial score (nSPS) is 13.4. The summed E-state index contributed by atoms with van der Waals surface area (Å²) in [6.45, 7) is 0. The van der Waals surface area contributed by atoms with Crippen LogP contribution in [0.1, 0.15) is 0 Å². The van der Waals surface area contributed by atoms with Crippen molar-refractivity contribution in [1.82, 2.24) is 0 Å². The standard InChI is InChI=1S/C24H8F2S2/c25-17-8-16-14-6-10-2-4-12-22-13(15-7-18(26)28-24(12)15)5-9-1-3-11(23(16)27-17)21(14)19(9)20(10)22/h1-8H. The number of hydrogen-bond donors (Lipinski definition) is 0. The minimum Gasteiger partial charge on any atom is -0.195 e. The van der Waals surface area contributed by atoms with Crippen LogP contribution in [0, 0.1) is 10.3 Å². The van der Waals surface area contributed by atoms with Crippen LogP contribution in [-0.4, -0.2) is 0 Å². The molecule has 0 atom stereocenters. The lowest BCUT2D eigenvalue weighted by molar-refractivity contribution is 0.658. The van der Waals surface area contributed by atoms with Gasteiger partial charge in [-0.25, -0.2) is 0 Å². The molecule has 0 unspecified atom stereocenters. The summed E-state index contributed by atoms with van der Waals surface area (Å²) in [5, 5.41) is 13.6. The first kappa shape index (κ1) is 14.2. The van der Waals surface area contributed by atoms with Crippen LogP contribution in [0.15, 0.2) is 48.5 Å². The molecule has 28 heavy (non-hydrogen) atoms. The molecule has 0 amide bonds. The Labute approximate surface area is 164 Å². The van der Waals surface area contributed by atoms with Crippen molar-refractivity contribution < 1.29 is 8.78 Å². The minimum absolute atomic E-state index is 0.136. The molecule has 0 N–H and O–H groups in total. The molecule has 0 spiro atoms. The third-order valence-electron chi connectivity index (χ3n) is 6.34. The van der Waals surface area contributed by atoms with Gasteiger partial charge in [-0.15, -0.1) is 22.7 Å². The van der Waals surface area contributed by atoms with Gasteiger partial charge in [0.05, 0.1) is 0 Å². The van der Waals surface area contributed by atoms with Crippen LogP contribution in [-0.2, 0) is 0 Å². The van der Waals surface area contributed by atoms with Crippen LogP contribution in [0.25, 0.3) is 74.0 Å². The van der Waals surface area contributed by atoms with Gasteiger partial charge in [-0.1, -0.05) is 24.3 Å². The van der Waals surface area contributed by atoms with Crippen LogP contribution < -0.4 is 0 Å². The fraction of sp³-hybridized carbons (Fsp3) is 0. The summed E-state index contributed by atoms with van der Waals surface area (Å²) in [4.78, 5) is 0. The van der Waals surface area contributed by atoms with E-state index in [1.54, 1.807) is 12.1 Å². The molecular weight excluding hydrogens is 390 g/mol. The number of halogens is 2. The highest BCUT2D eigenvalue weighted by atomic mass is 32.1. The number of benzene rings is 4. The topological polar surface area (TPSA) is 0 Å². The molecular formula is C24H8F2S2. The Kier molecular flexibility index (Phi) is 2.17. The van der Waals surface area contributed by atoms with Gasteiger partial charge in [0.2, 0.25) is 0 Å². The maximum absolute atomic E-state index is 14.0. The van der Waals surface area contributed by atoms with Crippen molar-refractivity contribution in [2.24, 2.45) is 0 Å². The lowest BCUT2D eigenvalue weighted by Gasteiger charge is -2.12. The zero-order chi connectivity index (χ0) is 18.3. The lowest BCUT2D eigenvalue weighted by atomic mass is 9.90. The van der Waals surface area contributed by atoms with Gasteiger partial charge in [-0.05, 0) is 67.4 Å². The third kappa shape index (κ3) is 1.37. The second-order valence-electron chi connectivity index (χ2n) is 7.61. The van der Waals surface area contributed by atoms with Crippen molar-refractivity contribution in [1.29, 1.82) is 0 Å². The van der Waals surface area contributed by atoms with Crippen molar-refractivity contribution in [2.45, 2.75) is 0 Å². The maximum atomic E-state index is 14.0. The van der Waals surface area contributed by atoms with Crippen molar-refractivity contribution in [3.63, 3.8) is 0 Å². The Hall–Kier alpha value is -2.82. The van der Waals surface area contributed by atoms with E-state index in [9.17, 15) is 8.78 Å². The number of hydrogen-bond acceptors (Lipinski definition) is 2. The summed E-state index contributed by atoms with van der Waals surface area (Å²) < 4.78 is 30.0. The molecule has 4 heteroatoms. The molecule has 0 saturated carbocycles. The molecule has 0 fully saturated rings. The molecule has 6 aromatic carbocycles. The molecule has 0 nitrogen and oxygen atoms in total. The summed E-state index contributed by atoms with van der Waals surface area (Å²) >= 11 is 2.46. The molecule has 2 heterocycles. The van der Waals surface area contributed by atoms with Crippen molar-refractivity contribution in [3.05, 3.63) is 58.8 Å².